The van der Waals surface area contributed by atoms with Crippen LogP contribution in [0.2, 0.25) is 5.02 Å². The molecular formula is C18H16ClNOS2. The van der Waals surface area contributed by atoms with Crippen molar-refractivity contribution in [3.8, 4) is 16.3 Å². The van der Waals surface area contributed by atoms with Gasteiger partial charge in [-0.2, -0.15) is 11.8 Å². The molecule has 2 nitrogen and oxygen atoms in total. The summed E-state index contributed by atoms with van der Waals surface area (Å²) >= 11 is 9.46. The number of benzene rings is 2. The van der Waals surface area contributed by atoms with Crippen LogP contribution in [-0.4, -0.2) is 12.1 Å². The van der Waals surface area contributed by atoms with E-state index < -0.39 is 0 Å². The molecule has 118 valence electrons. The molecule has 0 fully saturated rings. The third-order valence-corrected chi connectivity index (χ3v) is 5.55. The lowest BCUT2D eigenvalue weighted by Gasteiger charge is -2.03. The quantitative estimate of drug-likeness (QED) is 0.545. The highest BCUT2D eigenvalue weighted by molar-refractivity contribution is 7.97. The van der Waals surface area contributed by atoms with E-state index in [0.29, 0.717) is 0 Å². The van der Waals surface area contributed by atoms with Crippen LogP contribution in [0.3, 0.4) is 0 Å². The smallest absolute Gasteiger partial charge is 0.123 e. The Morgan fingerprint density at radius 1 is 1.04 bits per heavy atom. The van der Waals surface area contributed by atoms with Crippen molar-refractivity contribution in [3.63, 3.8) is 0 Å². The minimum atomic E-state index is 0.751. The van der Waals surface area contributed by atoms with Crippen molar-refractivity contribution in [2.24, 2.45) is 0 Å². The maximum atomic E-state index is 5.92. The molecule has 0 N–H and O–H groups in total. The second-order valence-corrected chi connectivity index (χ2v) is 7.27. The van der Waals surface area contributed by atoms with Crippen molar-refractivity contribution in [2.45, 2.75) is 11.5 Å². The minimum Gasteiger partial charge on any atom is -0.497 e. The van der Waals surface area contributed by atoms with Gasteiger partial charge >= 0.3 is 0 Å². The number of ether oxygens (including phenoxy) is 1. The van der Waals surface area contributed by atoms with Gasteiger partial charge in [0.2, 0.25) is 0 Å². The molecule has 0 saturated heterocycles. The zero-order chi connectivity index (χ0) is 16.1. The zero-order valence-corrected chi connectivity index (χ0v) is 15.0. The topological polar surface area (TPSA) is 22.1 Å². The number of halogens is 1. The van der Waals surface area contributed by atoms with Gasteiger partial charge in [0.1, 0.15) is 10.8 Å². The van der Waals surface area contributed by atoms with Crippen LogP contribution in [0.5, 0.6) is 5.75 Å². The first-order valence-corrected chi connectivity index (χ1v) is 9.57. The Labute approximate surface area is 149 Å². The van der Waals surface area contributed by atoms with Gasteiger partial charge in [-0.15, -0.1) is 11.3 Å². The predicted molar refractivity (Wildman–Crippen MR) is 101 cm³/mol. The Bertz CT molecular complexity index is 753. The molecule has 3 aromatic rings. The summed E-state index contributed by atoms with van der Waals surface area (Å²) in [5.74, 6) is 2.78. The van der Waals surface area contributed by atoms with Gasteiger partial charge in [0.25, 0.3) is 0 Å². The molecule has 0 spiro atoms. The average Bonchev–Trinajstić information content (AvgIpc) is 3.05. The van der Waals surface area contributed by atoms with E-state index in [1.165, 1.54) is 5.56 Å². The molecule has 0 aliphatic carbocycles. The van der Waals surface area contributed by atoms with E-state index in [4.69, 9.17) is 21.3 Å². The minimum absolute atomic E-state index is 0.751. The fraction of sp³-hybridized carbons (Fsp3) is 0.167. The fourth-order valence-corrected chi connectivity index (χ4v) is 4.04. The standard InChI is InChI=1S/C18H16ClNOS2/c1-21-17-8-2-13(3-9-17)10-22-11-16-12-23-18(20-16)14-4-6-15(19)7-5-14/h2-9,12H,10-11H2,1H3. The van der Waals surface area contributed by atoms with E-state index in [2.05, 4.69) is 17.5 Å². The summed E-state index contributed by atoms with van der Waals surface area (Å²) in [7, 11) is 1.68. The van der Waals surface area contributed by atoms with Gasteiger partial charge in [0.05, 0.1) is 12.8 Å². The van der Waals surface area contributed by atoms with Crippen molar-refractivity contribution in [2.75, 3.05) is 7.11 Å². The Balaban J connectivity index is 1.55. The van der Waals surface area contributed by atoms with Crippen LogP contribution >= 0.6 is 34.7 Å². The molecule has 0 atom stereocenters. The van der Waals surface area contributed by atoms with E-state index in [-0.39, 0.29) is 0 Å². The molecule has 0 aliphatic rings. The average molecular weight is 362 g/mol. The summed E-state index contributed by atoms with van der Waals surface area (Å²) in [5, 5.41) is 3.92. The third-order valence-electron chi connectivity index (χ3n) is 3.32. The highest BCUT2D eigenvalue weighted by Crippen LogP contribution is 2.27. The van der Waals surface area contributed by atoms with Crippen LogP contribution in [0.15, 0.2) is 53.9 Å². The molecule has 2 aromatic carbocycles. The van der Waals surface area contributed by atoms with Gasteiger partial charge in [-0.3, -0.25) is 0 Å². The number of rotatable bonds is 6. The molecule has 1 aromatic heterocycles. The Kier molecular flexibility index (Phi) is 5.60. The first-order chi connectivity index (χ1) is 11.2. The van der Waals surface area contributed by atoms with Gasteiger partial charge in [-0.05, 0) is 29.8 Å². The molecule has 5 heteroatoms. The largest absolute Gasteiger partial charge is 0.497 e. The summed E-state index contributed by atoms with van der Waals surface area (Å²) in [6.45, 7) is 0. The maximum absolute atomic E-state index is 5.92. The number of hydrogen-bond acceptors (Lipinski definition) is 4. The van der Waals surface area contributed by atoms with Crippen molar-refractivity contribution >= 4 is 34.7 Å². The molecule has 0 unspecified atom stereocenters. The number of thiazole rings is 1. The monoisotopic (exact) mass is 361 g/mol. The molecule has 1 heterocycles. The molecule has 0 bridgehead atoms. The van der Waals surface area contributed by atoms with Crippen LogP contribution in [0.25, 0.3) is 10.6 Å². The number of nitrogens with zero attached hydrogens (tertiary/aromatic N) is 1. The number of thioether (sulfide) groups is 1. The van der Waals surface area contributed by atoms with Gasteiger partial charge in [0, 0.05) is 27.5 Å². The second-order valence-electron chi connectivity index (χ2n) is 4.99. The van der Waals surface area contributed by atoms with Gasteiger partial charge in [-0.1, -0.05) is 35.9 Å². The van der Waals surface area contributed by atoms with E-state index in [1.807, 2.05) is 48.2 Å². The summed E-state index contributed by atoms with van der Waals surface area (Å²) in [5.41, 5.74) is 3.54. The van der Waals surface area contributed by atoms with Crippen molar-refractivity contribution in [1.82, 2.24) is 4.98 Å². The fourth-order valence-electron chi connectivity index (χ4n) is 2.09. The normalized spacial score (nSPS) is 10.7. The van der Waals surface area contributed by atoms with Crippen molar-refractivity contribution in [3.05, 3.63) is 70.2 Å². The number of hydrogen-bond donors (Lipinski definition) is 0. The van der Waals surface area contributed by atoms with Crippen molar-refractivity contribution < 1.29 is 4.74 Å². The summed E-state index contributed by atoms with van der Waals surface area (Å²) < 4.78 is 5.17. The van der Waals surface area contributed by atoms with E-state index in [0.717, 1.165) is 38.5 Å². The lowest BCUT2D eigenvalue weighted by atomic mass is 10.2. The van der Waals surface area contributed by atoms with Crippen LogP contribution in [0.4, 0.5) is 0 Å². The Morgan fingerprint density at radius 3 is 2.48 bits per heavy atom. The van der Waals surface area contributed by atoms with Crippen molar-refractivity contribution in [1.29, 1.82) is 0 Å². The highest BCUT2D eigenvalue weighted by Gasteiger charge is 2.05. The van der Waals surface area contributed by atoms with Gasteiger partial charge < -0.3 is 4.74 Å². The van der Waals surface area contributed by atoms with Crippen LogP contribution < -0.4 is 4.74 Å². The second kappa shape index (κ2) is 7.86. The molecule has 23 heavy (non-hydrogen) atoms. The summed E-state index contributed by atoms with van der Waals surface area (Å²) in [4.78, 5) is 4.70. The molecule has 0 aliphatic heterocycles. The first-order valence-electron chi connectivity index (χ1n) is 7.15. The molecule has 0 amide bonds. The Hall–Kier alpha value is -1.49. The van der Waals surface area contributed by atoms with Gasteiger partial charge in [-0.25, -0.2) is 4.98 Å². The van der Waals surface area contributed by atoms with Gasteiger partial charge in [0.15, 0.2) is 0 Å². The van der Waals surface area contributed by atoms with Crippen LogP contribution in [0.1, 0.15) is 11.3 Å². The molecular weight excluding hydrogens is 346 g/mol. The first kappa shape index (κ1) is 16.4. The number of aromatic nitrogens is 1. The zero-order valence-electron chi connectivity index (χ0n) is 12.7. The predicted octanol–water partition coefficient (Wildman–Crippen LogP) is 5.91. The summed E-state index contributed by atoms with van der Waals surface area (Å²) in [6.07, 6.45) is 0. The van der Waals surface area contributed by atoms with E-state index in [1.54, 1.807) is 18.4 Å². The van der Waals surface area contributed by atoms with E-state index >= 15 is 0 Å². The highest BCUT2D eigenvalue weighted by atomic mass is 35.5. The molecule has 0 radical (unpaired) electrons. The number of methoxy groups -OCH3 is 1. The lowest BCUT2D eigenvalue weighted by molar-refractivity contribution is 0.414. The van der Waals surface area contributed by atoms with E-state index in [9.17, 15) is 0 Å². The van der Waals surface area contributed by atoms with Crippen LogP contribution in [-0.2, 0) is 11.5 Å². The Morgan fingerprint density at radius 2 is 1.78 bits per heavy atom. The third kappa shape index (κ3) is 4.50. The lowest BCUT2D eigenvalue weighted by Crippen LogP contribution is -1.86. The summed E-state index contributed by atoms with van der Waals surface area (Å²) in [6, 6.07) is 16.0. The van der Waals surface area contributed by atoms with Crippen LogP contribution in [0, 0.1) is 0 Å². The molecule has 0 saturated carbocycles. The molecule has 3 rings (SSSR count). The SMILES string of the molecule is COc1ccc(CSCc2csc(-c3ccc(Cl)cc3)n2)cc1. The maximum Gasteiger partial charge on any atom is 0.123 e.